The van der Waals surface area contributed by atoms with Crippen molar-refractivity contribution in [3.63, 3.8) is 0 Å². The first-order valence-electron chi connectivity index (χ1n) is 5.40. The molecule has 0 fully saturated rings. The fourth-order valence-electron chi connectivity index (χ4n) is 1.34. The van der Waals surface area contributed by atoms with Crippen molar-refractivity contribution in [3.8, 4) is 5.75 Å². The van der Waals surface area contributed by atoms with Gasteiger partial charge in [0.1, 0.15) is 11.6 Å². The third-order valence-electron chi connectivity index (χ3n) is 2.25. The van der Waals surface area contributed by atoms with Crippen molar-refractivity contribution in [1.82, 2.24) is 4.90 Å². The van der Waals surface area contributed by atoms with Gasteiger partial charge in [0, 0.05) is 13.1 Å². The molecule has 1 N–H and O–H groups in total. The Kier molecular flexibility index (Phi) is 5.82. The van der Waals surface area contributed by atoms with Crippen molar-refractivity contribution in [1.29, 1.82) is 0 Å². The lowest BCUT2D eigenvalue weighted by Gasteiger charge is -2.14. The van der Waals surface area contributed by atoms with Crippen LogP contribution < -0.4 is 4.74 Å². The number of hydrogen-bond acceptors (Lipinski definition) is 3. The molecule has 0 amide bonds. The minimum Gasteiger partial charge on any atom is -0.494 e. The summed E-state index contributed by atoms with van der Waals surface area (Å²) in [4.78, 5) is 2.04. The van der Waals surface area contributed by atoms with Gasteiger partial charge in [-0.05, 0) is 37.7 Å². The van der Waals surface area contributed by atoms with Gasteiger partial charge in [-0.3, -0.25) is 0 Å². The Bertz CT molecular complexity index is 290. The second-order valence-electron chi connectivity index (χ2n) is 3.68. The molecule has 0 aromatic heterocycles. The highest BCUT2D eigenvalue weighted by Gasteiger charge is 1.98. The number of hydrogen-bond donors (Lipinski definition) is 1. The van der Waals surface area contributed by atoms with Gasteiger partial charge in [0.2, 0.25) is 0 Å². The second-order valence-corrected chi connectivity index (χ2v) is 3.68. The summed E-state index contributed by atoms with van der Waals surface area (Å²) in [6.45, 7) is 2.33. The van der Waals surface area contributed by atoms with E-state index >= 15 is 0 Å². The number of nitrogens with zero attached hydrogens (tertiary/aromatic N) is 1. The zero-order valence-electron chi connectivity index (χ0n) is 9.53. The fraction of sp³-hybridized carbons (Fsp3) is 0.500. The van der Waals surface area contributed by atoms with Gasteiger partial charge in [-0.1, -0.05) is 0 Å². The zero-order chi connectivity index (χ0) is 11.8. The maximum absolute atomic E-state index is 12.6. The third kappa shape index (κ3) is 5.09. The van der Waals surface area contributed by atoms with E-state index in [0.717, 1.165) is 13.0 Å². The van der Waals surface area contributed by atoms with Crippen LogP contribution >= 0.6 is 0 Å². The number of likely N-dealkylation sites (N-methyl/N-ethyl adjacent to an activating group) is 1. The Morgan fingerprint density at radius 3 is 2.56 bits per heavy atom. The van der Waals surface area contributed by atoms with Crippen LogP contribution in [0.5, 0.6) is 5.75 Å². The van der Waals surface area contributed by atoms with Crippen LogP contribution in [0.3, 0.4) is 0 Å². The summed E-state index contributed by atoms with van der Waals surface area (Å²) >= 11 is 0. The molecule has 0 spiro atoms. The molecule has 0 bridgehead atoms. The Labute approximate surface area is 95.5 Å². The average Bonchev–Trinajstić information content (AvgIpc) is 2.27. The summed E-state index contributed by atoms with van der Waals surface area (Å²) in [6.07, 6.45) is 0.883. The van der Waals surface area contributed by atoms with E-state index in [1.165, 1.54) is 12.1 Å². The molecule has 4 heteroatoms. The highest BCUT2D eigenvalue weighted by molar-refractivity contribution is 5.21. The summed E-state index contributed by atoms with van der Waals surface area (Å²) in [7, 11) is 1.95. The SMILES string of the molecule is CN(CCO)CCCOc1ccc(F)cc1. The van der Waals surface area contributed by atoms with E-state index in [1.807, 2.05) is 11.9 Å². The van der Waals surface area contributed by atoms with Gasteiger partial charge in [-0.15, -0.1) is 0 Å². The number of rotatable bonds is 7. The molecule has 90 valence electrons. The molecule has 1 aromatic carbocycles. The largest absolute Gasteiger partial charge is 0.494 e. The van der Waals surface area contributed by atoms with Crippen molar-refractivity contribution in [2.75, 3.05) is 33.4 Å². The molecule has 0 aliphatic carbocycles. The molecule has 0 unspecified atom stereocenters. The molecule has 0 aliphatic heterocycles. The highest BCUT2D eigenvalue weighted by Crippen LogP contribution is 2.11. The Balaban J connectivity index is 2.13. The van der Waals surface area contributed by atoms with Gasteiger partial charge < -0.3 is 14.7 Å². The maximum atomic E-state index is 12.6. The number of aliphatic hydroxyl groups is 1. The van der Waals surface area contributed by atoms with Crippen LogP contribution in [-0.2, 0) is 0 Å². The fourth-order valence-corrected chi connectivity index (χ4v) is 1.34. The van der Waals surface area contributed by atoms with Gasteiger partial charge in [0.15, 0.2) is 0 Å². The summed E-state index contributed by atoms with van der Waals surface area (Å²) in [5, 5.41) is 8.69. The van der Waals surface area contributed by atoms with E-state index < -0.39 is 0 Å². The Morgan fingerprint density at radius 1 is 1.25 bits per heavy atom. The van der Waals surface area contributed by atoms with E-state index in [2.05, 4.69) is 0 Å². The van der Waals surface area contributed by atoms with E-state index in [-0.39, 0.29) is 12.4 Å². The van der Waals surface area contributed by atoms with Gasteiger partial charge in [-0.25, -0.2) is 4.39 Å². The van der Waals surface area contributed by atoms with E-state index in [9.17, 15) is 4.39 Å². The topological polar surface area (TPSA) is 32.7 Å². The van der Waals surface area contributed by atoms with E-state index in [1.54, 1.807) is 12.1 Å². The summed E-state index contributed by atoms with van der Waals surface area (Å²) in [5.74, 6) is 0.432. The molecule has 0 saturated heterocycles. The summed E-state index contributed by atoms with van der Waals surface area (Å²) in [6, 6.07) is 6.00. The molecule has 16 heavy (non-hydrogen) atoms. The molecule has 0 saturated carbocycles. The van der Waals surface area contributed by atoms with E-state index in [0.29, 0.717) is 18.9 Å². The van der Waals surface area contributed by atoms with Crippen LogP contribution in [-0.4, -0.2) is 43.4 Å². The number of aliphatic hydroxyl groups excluding tert-OH is 1. The predicted molar refractivity (Wildman–Crippen MR) is 61.1 cm³/mol. The average molecular weight is 227 g/mol. The van der Waals surface area contributed by atoms with Crippen LogP contribution in [0.2, 0.25) is 0 Å². The smallest absolute Gasteiger partial charge is 0.123 e. The lowest BCUT2D eigenvalue weighted by atomic mass is 10.3. The van der Waals surface area contributed by atoms with Crippen LogP contribution in [0, 0.1) is 5.82 Å². The van der Waals surface area contributed by atoms with Crippen molar-refractivity contribution >= 4 is 0 Å². The molecular weight excluding hydrogens is 209 g/mol. The molecule has 1 rings (SSSR count). The van der Waals surface area contributed by atoms with E-state index in [4.69, 9.17) is 9.84 Å². The van der Waals surface area contributed by atoms with Crippen LogP contribution in [0.15, 0.2) is 24.3 Å². The minimum absolute atomic E-state index is 0.176. The molecule has 0 atom stereocenters. The molecule has 0 heterocycles. The van der Waals surface area contributed by atoms with Crippen molar-refractivity contribution in [3.05, 3.63) is 30.1 Å². The van der Waals surface area contributed by atoms with Crippen LogP contribution in [0.25, 0.3) is 0 Å². The zero-order valence-corrected chi connectivity index (χ0v) is 9.53. The lowest BCUT2D eigenvalue weighted by molar-refractivity contribution is 0.207. The third-order valence-corrected chi connectivity index (χ3v) is 2.25. The van der Waals surface area contributed by atoms with Crippen molar-refractivity contribution in [2.45, 2.75) is 6.42 Å². The minimum atomic E-state index is -0.255. The van der Waals surface area contributed by atoms with Gasteiger partial charge in [0.05, 0.1) is 13.2 Å². The van der Waals surface area contributed by atoms with Gasteiger partial charge in [-0.2, -0.15) is 0 Å². The molecule has 0 aliphatic rings. The molecule has 0 radical (unpaired) electrons. The standard InChI is InChI=1S/C12H18FNO2/c1-14(8-9-15)7-2-10-16-12-5-3-11(13)4-6-12/h3-6,15H,2,7-10H2,1H3. The normalized spacial score (nSPS) is 10.8. The monoisotopic (exact) mass is 227 g/mol. The first kappa shape index (κ1) is 12.9. The lowest BCUT2D eigenvalue weighted by Crippen LogP contribution is -2.24. The molecule has 1 aromatic rings. The van der Waals surface area contributed by atoms with Crippen molar-refractivity contribution < 1.29 is 14.2 Å². The highest BCUT2D eigenvalue weighted by atomic mass is 19.1. The van der Waals surface area contributed by atoms with Gasteiger partial charge in [0.25, 0.3) is 0 Å². The number of ether oxygens (including phenoxy) is 1. The van der Waals surface area contributed by atoms with Gasteiger partial charge >= 0.3 is 0 Å². The number of halogens is 1. The Hall–Kier alpha value is -1.13. The molecular formula is C12H18FNO2. The Morgan fingerprint density at radius 2 is 1.94 bits per heavy atom. The first-order chi connectivity index (χ1) is 7.72. The summed E-state index contributed by atoms with van der Waals surface area (Å²) < 4.78 is 18.0. The van der Waals surface area contributed by atoms with Crippen LogP contribution in [0.4, 0.5) is 4.39 Å². The second kappa shape index (κ2) is 7.19. The summed E-state index contributed by atoms with van der Waals surface area (Å²) in [5.41, 5.74) is 0. The first-order valence-corrected chi connectivity index (χ1v) is 5.40. The molecule has 3 nitrogen and oxygen atoms in total. The predicted octanol–water partition coefficient (Wildman–Crippen LogP) is 1.52. The quantitative estimate of drug-likeness (QED) is 0.717. The van der Waals surface area contributed by atoms with Crippen LogP contribution in [0.1, 0.15) is 6.42 Å². The number of benzene rings is 1. The maximum Gasteiger partial charge on any atom is 0.123 e. The van der Waals surface area contributed by atoms with Crippen molar-refractivity contribution in [2.24, 2.45) is 0 Å².